The van der Waals surface area contributed by atoms with Crippen molar-refractivity contribution in [1.29, 1.82) is 0 Å². The number of rotatable bonds is 3. The number of esters is 1. The van der Waals surface area contributed by atoms with Crippen molar-refractivity contribution in [3.8, 4) is 0 Å². The molecule has 0 aromatic rings. The number of thioether (sulfide) groups is 1. The zero-order valence-electron chi connectivity index (χ0n) is 9.53. The molecule has 1 saturated heterocycles. The van der Waals surface area contributed by atoms with E-state index in [9.17, 15) is 19.5 Å². The van der Waals surface area contributed by atoms with Crippen molar-refractivity contribution in [2.24, 2.45) is 5.73 Å². The first-order valence-corrected chi connectivity index (χ1v) is 6.09. The molecular weight excluding hydrogens is 260 g/mol. The molecule has 2 heterocycles. The lowest BCUT2D eigenvalue weighted by Crippen LogP contribution is -2.60. The van der Waals surface area contributed by atoms with Crippen LogP contribution in [0.1, 0.15) is 13.3 Å². The molecule has 2 rings (SSSR count). The predicted octanol–water partition coefficient (Wildman–Crippen LogP) is -0.523. The van der Waals surface area contributed by atoms with Gasteiger partial charge in [-0.25, -0.2) is 0 Å². The van der Waals surface area contributed by atoms with Crippen LogP contribution < -0.4 is 5.73 Å². The first kappa shape index (κ1) is 12.9. The molecule has 1 fully saturated rings. The van der Waals surface area contributed by atoms with E-state index < -0.39 is 22.9 Å². The lowest BCUT2D eigenvalue weighted by atomic mass is 10.1. The Labute approximate surface area is 107 Å². The number of nitrogens with two attached hydrogens (primary N) is 1. The number of carbonyl (C=O) groups is 3. The lowest BCUT2D eigenvalue weighted by Gasteiger charge is -2.46. The van der Waals surface area contributed by atoms with Gasteiger partial charge in [-0.15, -0.1) is 11.8 Å². The van der Waals surface area contributed by atoms with E-state index in [1.807, 2.05) is 0 Å². The fraction of sp³-hybridized carbons (Fsp3) is 0.500. The summed E-state index contributed by atoms with van der Waals surface area (Å²) in [5.74, 6) is -1.91. The van der Waals surface area contributed by atoms with E-state index in [4.69, 9.17) is 10.5 Å². The van der Waals surface area contributed by atoms with Crippen LogP contribution in [0, 0.1) is 0 Å². The van der Waals surface area contributed by atoms with Gasteiger partial charge in [0.05, 0.1) is 11.8 Å². The molecule has 0 bridgehead atoms. The summed E-state index contributed by atoms with van der Waals surface area (Å²) in [6.45, 7) is 1.16. The minimum atomic E-state index is -1.55. The van der Waals surface area contributed by atoms with Crippen LogP contribution in [-0.4, -0.2) is 44.2 Å². The molecule has 2 aliphatic rings. The Balaban J connectivity index is 2.26. The Morgan fingerprint density at radius 1 is 1.72 bits per heavy atom. The molecule has 0 aliphatic carbocycles. The molecule has 18 heavy (non-hydrogen) atoms. The average Bonchev–Trinajstić information content (AvgIpc) is 2.25. The molecular formula is C10H12N2O5S. The van der Waals surface area contributed by atoms with Gasteiger partial charge in [0.1, 0.15) is 0 Å². The van der Waals surface area contributed by atoms with Gasteiger partial charge < -0.3 is 14.7 Å². The van der Waals surface area contributed by atoms with Crippen LogP contribution in [0.25, 0.3) is 0 Å². The summed E-state index contributed by atoms with van der Waals surface area (Å²) in [6.07, 6.45) is 1.65. The summed E-state index contributed by atoms with van der Waals surface area (Å²) in [4.78, 5) is 34.9. The van der Waals surface area contributed by atoms with Crippen molar-refractivity contribution in [2.75, 3.05) is 0 Å². The Morgan fingerprint density at radius 3 is 2.83 bits per heavy atom. The number of fused-ring (bicyclic) bond motifs is 1. The molecule has 0 spiro atoms. The van der Waals surface area contributed by atoms with Gasteiger partial charge in [0.15, 0.2) is 11.0 Å². The highest BCUT2D eigenvalue weighted by molar-refractivity contribution is 8.02. The summed E-state index contributed by atoms with van der Waals surface area (Å²) in [6, 6.07) is 0. The van der Waals surface area contributed by atoms with E-state index in [2.05, 4.69) is 0 Å². The van der Waals surface area contributed by atoms with Crippen molar-refractivity contribution in [3.05, 3.63) is 12.3 Å². The highest BCUT2D eigenvalue weighted by Crippen LogP contribution is 2.45. The fourth-order valence-electron chi connectivity index (χ4n) is 1.81. The lowest BCUT2D eigenvalue weighted by molar-refractivity contribution is -0.153. The van der Waals surface area contributed by atoms with Crippen molar-refractivity contribution < 1.29 is 24.2 Å². The number of carbonyl (C=O) groups excluding carboxylic acids is 2. The number of nitrogens with zero attached hydrogens (tertiary/aromatic N) is 1. The van der Waals surface area contributed by atoms with Gasteiger partial charge in [0, 0.05) is 13.1 Å². The van der Waals surface area contributed by atoms with Crippen LogP contribution in [-0.2, 0) is 19.1 Å². The zero-order chi connectivity index (χ0) is 13.5. The molecule has 98 valence electrons. The minimum Gasteiger partial charge on any atom is -0.480 e. The van der Waals surface area contributed by atoms with E-state index in [1.54, 1.807) is 0 Å². The summed E-state index contributed by atoms with van der Waals surface area (Å²) in [5, 5.41) is 9.06. The molecule has 0 aromatic heterocycles. The number of aliphatic carboxylic acids is 1. The van der Waals surface area contributed by atoms with Crippen LogP contribution in [0.5, 0.6) is 0 Å². The maximum Gasteiger partial charge on any atom is 0.329 e. The number of carboxylic acids is 1. The third-order valence-electron chi connectivity index (χ3n) is 2.81. The molecule has 3 atom stereocenters. The molecule has 2 unspecified atom stereocenters. The van der Waals surface area contributed by atoms with Gasteiger partial charge >= 0.3 is 11.9 Å². The van der Waals surface area contributed by atoms with Crippen molar-refractivity contribution in [2.45, 2.75) is 29.7 Å². The Kier molecular flexibility index (Phi) is 3.07. The molecule has 0 aromatic carbocycles. The number of β-lactam (4-membered cyclic amide) rings is 1. The number of carboxylic acid groups (broad SMARTS) is 1. The van der Waals surface area contributed by atoms with Gasteiger partial charge in [-0.1, -0.05) is 0 Å². The van der Waals surface area contributed by atoms with Gasteiger partial charge in [0.25, 0.3) is 0 Å². The van der Waals surface area contributed by atoms with Gasteiger partial charge in [-0.05, 0) is 6.08 Å². The molecule has 2 aliphatic heterocycles. The molecule has 7 nitrogen and oxygen atoms in total. The van der Waals surface area contributed by atoms with E-state index in [0.717, 1.165) is 18.7 Å². The number of amides is 1. The second-order valence-electron chi connectivity index (χ2n) is 4.02. The highest BCUT2D eigenvalue weighted by atomic mass is 32.2. The van der Waals surface area contributed by atoms with Gasteiger partial charge in [-0.2, -0.15) is 0 Å². The third-order valence-corrected chi connectivity index (χ3v) is 4.41. The van der Waals surface area contributed by atoms with Crippen molar-refractivity contribution in [1.82, 2.24) is 4.90 Å². The van der Waals surface area contributed by atoms with E-state index in [0.29, 0.717) is 0 Å². The maximum atomic E-state index is 11.4. The fourth-order valence-corrected chi connectivity index (χ4v) is 3.21. The van der Waals surface area contributed by atoms with E-state index >= 15 is 0 Å². The number of ether oxygens (including phenoxy) is 1. The summed E-state index contributed by atoms with van der Waals surface area (Å²) < 4.78 is 3.22. The SMILES string of the molecule is CC(=O)OC(N)C1(C(=O)O)C=CN2C(=O)C[C@H]2S1. The normalized spacial score (nSPS) is 31.3. The molecule has 1 amide bonds. The first-order chi connectivity index (χ1) is 8.36. The highest BCUT2D eigenvalue weighted by Gasteiger charge is 2.53. The monoisotopic (exact) mass is 272 g/mol. The zero-order valence-corrected chi connectivity index (χ0v) is 10.3. The Morgan fingerprint density at radius 2 is 2.39 bits per heavy atom. The standard InChI is InChI=1S/C10H12N2O5S/c1-5(13)17-8(11)10(9(15)16)2-3-12-6(14)4-7(12)18-10/h2-3,7-8H,4,11H2,1H3,(H,15,16)/t7-,8?,10?/m1/s1. The molecule has 8 heteroatoms. The smallest absolute Gasteiger partial charge is 0.329 e. The number of hydrogen-bond acceptors (Lipinski definition) is 6. The summed E-state index contributed by atoms with van der Waals surface area (Å²) in [5.41, 5.74) is 5.65. The average molecular weight is 272 g/mol. The van der Waals surface area contributed by atoms with E-state index in [1.165, 1.54) is 17.2 Å². The third kappa shape index (κ3) is 1.87. The maximum absolute atomic E-state index is 11.4. The van der Waals surface area contributed by atoms with Crippen LogP contribution in [0.2, 0.25) is 0 Å². The topological polar surface area (TPSA) is 110 Å². The predicted molar refractivity (Wildman–Crippen MR) is 62.1 cm³/mol. The van der Waals surface area contributed by atoms with Crippen LogP contribution in [0.3, 0.4) is 0 Å². The summed E-state index contributed by atoms with van der Waals surface area (Å²) in [7, 11) is 0. The minimum absolute atomic E-state index is 0.0659. The second-order valence-corrected chi connectivity index (χ2v) is 5.48. The van der Waals surface area contributed by atoms with Crippen LogP contribution in [0.4, 0.5) is 0 Å². The summed E-state index contributed by atoms with van der Waals surface area (Å²) >= 11 is 1.01. The Hall–Kier alpha value is -1.54. The van der Waals surface area contributed by atoms with Gasteiger partial charge in [0.2, 0.25) is 5.91 Å². The Bertz CT molecular complexity index is 452. The number of hydrogen-bond donors (Lipinski definition) is 2. The van der Waals surface area contributed by atoms with Crippen molar-refractivity contribution in [3.63, 3.8) is 0 Å². The molecule has 0 saturated carbocycles. The van der Waals surface area contributed by atoms with Crippen LogP contribution in [0.15, 0.2) is 12.3 Å². The van der Waals surface area contributed by atoms with Gasteiger partial charge in [-0.3, -0.25) is 20.1 Å². The largest absolute Gasteiger partial charge is 0.480 e. The van der Waals surface area contributed by atoms with Crippen molar-refractivity contribution >= 4 is 29.6 Å². The quantitative estimate of drug-likeness (QED) is 0.404. The van der Waals surface area contributed by atoms with Crippen LogP contribution >= 0.6 is 11.8 Å². The second kappa shape index (κ2) is 4.29. The van der Waals surface area contributed by atoms with E-state index in [-0.39, 0.29) is 17.7 Å². The molecule has 0 radical (unpaired) electrons. The first-order valence-electron chi connectivity index (χ1n) is 5.21. The molecule has 3 N–H and O–H groups in total.